The molecule has 0 amide bonds. The molecule has 0 radical (unpaired) electrons. The number of benzene rings is 2. The van der Waals surface area contributed by atoms with E-state index in [1.54, 1.807) is 0 Å². The van der Waals surface area contributed by atoms with Crippen molar-refractivity contribution in [3.63, 3.8) is 0 Å². The second-order valence-corrected chi connectivity index (χ2v) is 7.83. The van der Waals surface area contributed by atoms with Crippen LogP contribution in [-0.2, 0) is 24.5 Å². The van der Waals surface area contributed by atoms with Crippen LogP contribution >= 0.6 is 0 Å². The molecule has 4 nitrogen and oxygen atoms in total. The lowest BCUT2D eigenvalue weighted by atomic mass is 9.78. The van der Waals surface area contributed by atoms with Crippen LogP contribution in [0.25, 0.3) is 11.1 Å². The first-order valence-electron chi connectivity index (χ1n) is 9.42. The van der Waals surface area contributed by atoms with Gasteiger partial charge in [0, 0.05) is 0 Å². The number of esters is 2. The van der Waals surface area contributed by atoms with Gasteiger partial charge in [0.25, 0.3) is 0 Å². The number of hydrogen-bond acceptors (Lipinski definition) is 4. The molecule has 0 unspecified atom stereocenters. The Morgan fingerprint density at radius 1 is 0.741 bits per heavy atom. The molecule has 1 aliphatic carbocycles. The Hall–Kier alpha value is -2.62. The molecule has 142 valence electrons. The standard InChI is InChI=1S/C23H26O4/c1-15(2)13-26-21(24)23(22(25)27-14-16(3)4)19-11-7-5-9-17(19)18-10-6-8-12-20(18)23/h5-12,15-16H,13-14H2,1-4H3. The highest BCUT2D eigenvalue weighted by Crippen LogP contribution is 2.50. The maximum Gasteiger partial charge on any atom is 0.332 e. The fourth-order valence-electron chi connectivity index (χ4n) is 3.46. The summed E-state index contributed by atoms with van der Waals surface area (Å²) in [6.45, 7) is 8.37. The number of fused-ring (bicyclic) bond motifs is 3. The minimum absolute atomic E-state index is 0.171. The Morgan fingerprint density at radius 3 is 1.48 bits per heavy atom. The number of rotatable bonds is 6. The molecule has 0 fully saturated rings. The Morgan fingerprint density at radius 2 is 1.11 bits per heavy atom. The first-order valence-corrected chi connectivity index (χ1v) is 9.42. The Kier molecular flexibility index (Phi) is 5.36. The molecule has 0 heterocycles. The lowest BCUT2D eigenvalue weighted by Crippen LogP contribution is -2.46. The average molecular weight is 366 g/mol. The van der Waals surface area contributed by atoms with E-state index in [1.807, 2.05) is 76.2 Å². The Bertz CT molecular complexity index is 779. The van der Waals surface area contributed by atoms with Crippen molar-refractivity contribution in [2.45, 2.75) is 33.1 Å². The summed E-state index contributed by atoms with van der Waals surface area (Å²) in [5, 5.41) is 0. The third-order valence-electron chi connectivity index (χ3n) is 4.66. The minimum atomic E-state index is -1.57. The van der Waals surface area contributed by atoms with E-state index in [9.17, 15) is 9.59 Å². The smallest absolute Gasteiger partial charge is 0.332 e. The summed E-state index contributed by atoms with van der Waals surface area (Å²) >= 11 is 0. The van der Waals surface area contributed by atoms with Crippen LogP contribution in [0, 0.1) is 11.8 Å². The lowest BCUT2D eigenvalue weighted by molar-refractivity contribution is -0.163. The van der Waals surface area contributed by atoms with Gasteiger partial charge in [-0.25, -0.2) is 0 Å². The van der Waals surface area contributed by atoms with Crippen LogP contribution in [0.5, 0.6) is 0 Å². The van der Waals surface area contributed by atoms with Crippen LogP contribution in [-0.4, -0.2) is 25.2 Å². The van der Waals surface area contributed by atoms with Gasteiger partial charge in [0.15, 0.2) is 0 Å². The van der Waals surface area contributed by atoms with Gasteiger partial charge in [-0.05, 0) is 34.1 Å². The SMILES string of the molecule is CC(C)COC(=O)C1(C(=O)OCC(C)C)c2ccccc2-c2ccccc21. The molecule has 0 atom stereocenters. The van der Waals surface area contributed by atoms with Crippen molar-refractivity contribution in [3.05, 3.63) is 59.7 Å². The minimum Gasteiger partial charge on any atom is -0.464 e. The number of carbonyl (C=O) groups is 2. The van der Waals surface area contributed by atoms with E-state index in [0.717, 1.165) is 11.1 Å². The quantitative estimate of drug-likeness (QED) is 0.563. The van der Waals surface area contributed by atoms with E-state index < -0.39 is 17.4 Å². The maximum atomic E-state index is 13.4. The van der Waals surface area contributed by atoms with Crippen molar-refractivity contribution >= 4 is 11.9 Å². The second kappa shape index (κ2) is 7.55. The monoisotopic (exact) mass is 366 g/mol. The van der Waals surface area contributed by atoms with Gasteiger partial charge < -0.3 is 9.47 Å². The molecule has 0 aromatic heterocycles. The molecule has 0 bridgehead atoms. The van der Waals surface area contributed by atoms with Gasteiger partial charge in [-0.15, -0.1) is 0 Å². The Labute approximate surface area is 160 Å². The summed E-state index contributed by atoms with van der Waals surface area (Å²) in [5.41, 5.74) is 1.44. The van der Waals surface area contributed by atoms with E-state index in [4.69, 9.17) is 9.47 Å². The van der Waals surface area contributed by atoms with E-state index in [-0.39, 0.29) is 25.0 Å². The average Bonchev–Trinajstić information content (AvgIpc) is 2.96. The maximum absolute atomic E-state index is 13.4. The molecule has 0 aliphatic heterocycles. The van der Waals surface area contributed by atoms with Crippen molar-refractivity contribution in [1.82, 2.24) is 0 Å². The first kappa shape index (κ1) is 19.2. The lowest BCUT2D eigenvalue weighted by Gasteiger charge is -2.28. The molecule has 0 saturated carbocycles. The molecular formula is C23H26O4. The largest absolute Gasteiger partial charge is 0.464 e. The zero-order valence-electron chi connectivity index (χ0n) is 16.3. The van der Waals surface area contributed by atoms with Crippen LogP contribution < -0.4 is 0 Å². The Balaban J connectivity index is 2.18. The van der Waals surface area contributed by atoms with Crippen LogP contribution in [0.2, 0.25) is 0 Å². The molecule has 0 spiro atoms. The van der Waals surface area contributed by atoms with Gasteiger partial charge in [0.05, 0.1) is 13.2 Å². The number of ether oxygens (including phenoxy) is 2. The molecule has 4 heteroatoms. The van der Waals surface area contributed by atoms with E-state index in [0.29, 0.717) is 11.1 Å². The van der Waals surface area contributed by atoms with E-state index in [2.05, 4.69) is 0 Å². The highest BCUT2D eigenvalue weighted by molar-refractivity contribution is 6.15. The van der Waals surface area contributed by atoms with Crippen molar-refractivity contribution in [3.8, 4) is 11.1 Å². The third-order valence-corrected chi connectivity index (χ3v) is 4.66. The van der Waals surface area contributed by atoms with Crippen molar-refractivity contribution in [2.24, 2.45) is 11.8 Å². The molecule has 1 aliphatic rings. The van der Waals surface area contributed by atoms with Gasteiger partial charge in [-0.2, -0.15) is 0 Å². The number of carbonyl (C=O) groups excluding carboxylic acids is 2. The van der Waals surface area contributed by atoms with Gasteiger partial charge in [0.2, 0.25) is 5.41 Å². The van der Waals surface area contributed by atoms with Gasteiger partial charge in [-0.3, -0.25) is 9.59 Å². The first-order chi connectivity index (χ1) is 12.9. The normalized spacial score (nSPS) is 14.0. The predicted molar refractivity (Wildman–Crippen MR) is 104 cm³/mol. The summed E-state index contributed by atoms with van der Waals surface area (Å²) in [7, 11) is 0. The van der Waals surface area contributed by atoms with Crippen molar-refractivity contribution in [2.75, 3.05) is 13.2 Å². The summed E-state index contributed by atoms with van der Waals surface area (Å²) in [5.74, 6) is -0.793. The summed E-state index contributed by atoms with van der Waals surface area (Å²) in [6.07, 6.45) is 0. The van der Waals surface area contributed by atoms with Crippen LogP contribution in [0.15, 0.2) is 48.5 Å². The van der Waals surface area contributed by atoms with Crippen molar-refractivity contribution < 1.29 is 19.1 Å². The van der Waals surface area contributed by atoms with Gasteiger partial charge >= 0.3 is 11.9 Å². The van der Waals surface area contributed by atoms with Crippen LogP contribution in [0.3, 0.4) is 0 Å². The molecule has 0 saturated heterocycles. The topological polar surface area (TPSA) is 52.6 Å². The van der Waals surface area contributed by atoms with Crippen molar-refractivity contribution in [1.29, 1.82) is 0 Å². The highest BCUT2D eigenvalue weighted by atomic mass is 16.6. The van der Waals surface area contributed by atoms with Gasteiger partial charge in [0.1, 0.15) is 0 Å². The summed E-state index contributed by atoms with van der Waals surface area (Å²) < 4.78 is 11.2. The zero-order chi connectivity index (χ0) is 19.6. The van der Waals surface area contributed by atoms with Crippen LogP contribution in [0.4, 0.5) is 0 Å². The van der Waals surface area contributed by atoms with E-state index >= 15 is 0 Å². The third kappa shape index (κ3) is 3.25. The van der Waals surface area contributed by atoms with Crippen LogP contribution in [0.1, 0.15) is 38.8 Å². The molecule has 3 rings (SSSR count). The zero-order valence-corrected chi connectivity index (χ0v) is 16.3. The molecular weight excluding hydrogens is 340 g/mol. The fraction of sp³-hybridized carbons (Fsp3) is 0.391. The molecule has 27 heavy (non-hydrogen) atoms. The molecule has 2 aromatic carbocycles. The summed E-state index contributed by atoms with van der Waals surface area (Å²) in [4.78, 5) is 26.7. The summed E-state index contributed by atoms with van der Waals surface area (Å²) in [6, 6.07) is 15.0. The molecule has 0 N–H and O–H groups in total. The van der Waals surface area contributed by atoms with Gasteiger partial charge in [-0.1, -0.05) is 76.2 Å². The predicted octanol–water partition coefficient (Wildman–Crippen LogP) is 4.35. The van der Waals surface area contributed by atoms with E-state index in [1.165, 1.54) is 0 Å². The molecule has 2 aromatic rings. The second-order valence-electron chi connectivity index (χ2n) is 7.83. The highest BCUT2D eigenvalue weighted by Gasteiger charge is 2.57. The number of hydrogen-bond donors (Lipinski definition) is 0. The fourth-order valence-corrected chi connectivity index (χ4v) is 3.46.